The highest BCUT2D eigenvalue weighted by molar-refractivity contribution is 5.94. The number of nitrogens with zero attached hydrogens (tertiary/aromatic N) is 2. The Morgan fingerprint density at radius 3 is 2.31 bits per heavy atom. The largest absolute Gasteiger partial charge is 0.495 e. The number of aromatic nitrogens is 1. The van der Waals surface area contributed by atoms with Gasteiger partial charge in [0.2, 0.25) is 0 Å². The number of carbonyl (C=O) groups is 2. The summed E-state index contributed by atoms with van der Waals surface area (Å²) in [6, 6.07) is 1.41. The highest BCUT2D eigenvalue weighted by atomic mass is 16.6. The molecule has 1 aromatic rings. The molecular weight excluding hydrogens is 538 g/mol. The summed E-state index contributed by atoms with van der Waals surface area (Å²) in [5, 5.41) is 5.27. The molecule has 0 spiro atoms. The molecule has 10 heteroatoms. The van der Waals surface area contributed by atoms with Crippen molar-refractivity contribution in [1.82, 2.24) is 9.88 Å². The monoisotopic (exact) mass is 585 g/mol. The number of hydrogen-bond donors (Lipinski definition) is 1. The molecule has 3 rings (SSSR count). The lowest BCUT2D eigenvalue weighted by atomic mass is 9.76. The Morgan fingerprint density at radius 2 is 1.69 bits per heavy atom. The predicted molar refractivity (Wildman–Crippen MR) is 162 cm³/mol. The topological polar surface area (TPSA) is 125 Å². The summed E-state index contributed by atoms with van der Waals surface area (Å²) in [6.07, 6.45) is 10.3. The molecule has 1 N–H and O–H groups in total. The van der Waals surface area contributed by atoms with Gasteiger partial charge >= 0.3 is 12.0 Å². The maximum atomic E-state index is 12.8. The molecule has 10 nitrogen and oxygen atoms in total. The number of carbonyl (C=O) groups excluding carboxylic acids is 2. The summed E-state index contributed by atoms with van der Waals surface area (Å²) in [7, 11) is 1.65. The van der Waals surface area contributed by atoms with Crippen molar-refractivity contribution in [2.45, 2.75) is 111 Å². The first kappa shape index (κ1) is 33.2. The third-order valence-corrected chi connectivity index (χ3v) is 7.65. The second-order valence-corrected chi connectivity index (χ2v) is 13.2. The molecule has 2 atom stereocenters. The van der Waals surface area contributed by atoms with Gasteiger partial charge in [-0.3, -0.25) is 9.59 Å². The number of hydrogen-bond acceptors (Lipinski definition) is 7. The molecule has 2 heterocycles. The lowest BCUT2D eigenvalue weighted by Crippen LogP contribution is -2.34. The van der Waals surface area contributed by atoms with E-state index >= 15 is 0 Å². The normalized spacial score (nSPS) is 18.5. The molecule has 2 aliphatic rings. The van der Waals surface area contributed by atoms with Gasteiger partial charge in [0.1, 0.15) is 23.0 Å². The fourth-order valence-electron chi connectivity index (χ4n) is 5.47. The van der Waals surface area contributed by atoms with Gasteiger partial charge in [0, 0.05) is 49.3 Å². The summed E-state index contributed by atoms with van der Waals surface area (Å²) in [4.78, 5) is 47.4. The molecular formula is C32H47N3O7. The van der Waals surface area contributed by atoms with Crippen LogP contribution < -0.4 is 10.7 Å². The summed E-state index contributed by atoms with van der Waals surface area (Å²) in [5.41, 5.74) is 1.45. The molecule has 1 aromatic heterocycles. The molecule has 0 saturated heterocycles. The van der Waals surface area contributed by atoms with Gasteiger partial charge in [-0.1, -0.05) is 46.5 Å². The Balaban J connectivity index is 1.57. The fraction of sp³-hybridized carbons (Fsp3) is 0.656. The van der Waals surface area contributed by atoms with Crippen molar-refractivity contribution in [2.24, 2.45) is 10.6 Å². The van der Waals surface area contributed by atoms with Crippen LogP contribution in [0.2, 0.25) is 0 Å². The molecule has 0 fully saturated rings. The van der Waals surface area contributed by atoms with E-state index in [0.717, 1.165) is 61.1 Å². The predicted octanol–water partition coefficient (Wildman–Crippen LogP) is 6.68. The maximum Gasteiger partial charge on any atom is 0.407 e. The molecule has 232 valence electrons. The molecule has 1 aliphatic carbocycles. The van der Waals surface area contributed by atoms with E-state index in [2.05, 4.69) is 37.3 Å². The number of pyridine rings is 1. The van der Waals surface area contributed by atoms with Gasteiger partial charge in [-0.25, -0.2) is 4.79 Å². The SMILES string of the molecule is COC1CC2=C(C=C1OCCCCCCCCNC(=O)OC(C)(C)C)CC(C(C)(C)C)n1cc(C(=O)N=O)c(=O)cc12. The van der Waals surface area contributed by atoms with Crippen molar-refractivity contribution < 1.29 is 23.8 Å². The minimum atomic E-state index is -1.05. The van der Waals surface area contributed by atoms with Gasteiger partial charge < -0.3 is 24.1 Å². The number of unbranched alkanes of at least 4 members (excludes halogenated alkanes) is 5. The second kappa shape index (κ2) is 14.3. The number of fused-ring (bicyclic) bond motifs is 2. The highest BCUT2D eigenvalue weighted by Gasteiger charge is 2.37. The highest BCUT2D eigenvalue weighted by Crippen LogP contribution is 2.46. The van der Waals surface area contributed by atoms with Crippen molar-refractivity contribution in [3.8, 4) is 0 Å². The standard InChI is InChI=1S/C32H47N3O7/c1-31(2,3)28-17-21-16-27(41-15-13-11-9-8-10-12-14-33-30(38)42-32(4,5)6)26(40-7)18-22(21)24-19-25(36)23(20-35(24)28)29(37)34-39/h16,19-20,26,28H,8-15,17-18H2,1-7H3,(H,33,38). The van der Waals surface area contributed by atoms with Gasteiger partial charge in [0.25, 0.3) is 0 Å². The second-order valence-electron chi connectivity index (χ2n) is 13.2. The molecule has 42 heavy (non-hydrogen) atoms. The van der Waals surface area contributed by atoms with Gasteiger partial charge in [-0.05, 0) is 62.7 Å². The van der Waals surface area contributed by atoms with Crippen LogP contribution >= 0.6 is 0 Å². The van der Waals surface area contributed by atoms with Crippen LogP contribution in [-0.2, 0) is 14.2 Å². The van der Waals surface area contributed by atoms with Gasteiger partial charge in [-0.2, -0.15) is 0 Å². The molecule has 2 unspecified atom stereocenters. The van der Waals surface area contributed by atoms with E-state index in [9.17, 15) is 19.3 Å². The number of ether oxygens (including phenoxy) is 3. The smallest absolute Gasteiger partial charge is 0.407 e. The summed E-state index contributed by atoms with van der Waals surface area (Å²) < 4.78 is 19.2. The molecule has 2 amide bonds. The third kappa shape index (κ3) is 8.86. The van der Waals surface area contributed by atoms with Crippen molar-refractivity contribution in [1.29, 1.82) is 0 Å². The minimum Gasteiger partial charge on any atom is -0.495 e. The van der Waals surface area contributed by atoms with Gasteiger partial charge in [0.15, 0.2) is 5.43 Å². The van der Waals surface area contributed by atoms with Crippen LogP contribution in [0.25, 0.3) is 5.57 Å². The average Bonchev–Trinajstić information content (AvgIpc) is 2.90. The lowest BCUT2D eigenvalue weighted by Gasteiger charge is -2.41. The number of allylic oxidation sites excluding steroid dienone is 2. The number of nitrogens with one attached hydrogen (secondary N) is 1. The number of alkyl carbamates (subject to hydrolysis) is 1. The van der Waals surface area contributed by atoms with Crippen molar-refractivity contribution in [2.75, 3.05) is 20.3 Å². The zero-order valence-electron chi connectivity index (χ0n) is 26.2. The van der Waals surface area contributed by atoms with E-state index in [-0.39, 0.29) is 29.2 Å². The van der Waals surface area contributed by atoms with Gasteiger partial charge in [0.05, 0.1) is 6.61 Å². The Hall–Kier alpha value is -3.27. The van der Waals surface area contributed by atoms with E-state index in [4.69, 9.17) is 14.2 Å². The summed E-state index contributed by atoms with van der Waals surface area (Å²) in [6.45, 7) is 13.1. The van der Waals surface area contributed by atoms with E-state index in [0.29, 0.717) is 26.0 Å². The van der Waals surface area contributed by atoms with E-state index < -0.39 is 16.9 Å². The molecule has 0 saturated carbocycles. The van der Waals surface area contributed by atoms with Crippen LogP contribution in [0.3, 0.4) is 0 Å². The lowest BCUT2D eigenvalue weighted by molar-refractivity contribution is 0.0526. The Bertz CT molecular complexity index is 1260. The zero-order chi connectivity index (χ0) is 31.1. The summed E-state index contributed by atoms with van der Waals surface area (Å²) in [5.74, 6) is -0.253. The molecule has 0 bridgehead atoms. The number of amides is 2. The van der Waals surface area contributed by atoms with Gasteiger partial charge in [-0.15, -0.1) is 4.91 Å². The van der Waals surface area contributed by atoms with Crippen LogP contribution in [0.5, 0.6) is 0 Å². The van der Waals surface area contributed by atoms with Crippen LogP contribution in [0.1, 0.15) is 115 Å². The third-order valence-electron chi connectivity index (χ3n) is 7.65. The average molecular weight is 586 g/mol. The molecule has 0 radical (unpaired) electrons. The first-order valence-corrected chi connectivity index (χ1v) is 15.0. The number of nitroso groups, excluding NO2 is 1. The van der Waals surface area contributed by atoms with Crippen LogP contribution in [-0.4, -0.2) is 48.5 Å². The van der Waals surface area contributed by atoms with E-state index in [1.807, 2.05) is 25.3 Å². The Labute approximate surface area is 248 Å². The minimum absolute atomic E-state index is 0.0408. The van der Waals surface area contributed by atoms with Crippen LogP contribution in [0, 0.1) is 10.3 Å². The van der Waals surface area contributed by atoms with Crippen LogP contribution in [0.4, 0.5) is 4.79 Å². The fourth-order valence-corrected chi connectivity index (χ4v) is 5.47. The van der Waals surface area contributed by atoms with Crippen molar-refractivity contribution in [3.63, 3.8) is 0 Å². The molecule has 1 aliphatic heterocycles. The Kier molecular flexibility index (Phi) is 11.3. The van der Waals surface area contributed by atoms with E-state index in [1.165, 1.54) is 12.3 Å². The Morgan fingerprint density at radius 1 is 1.02 bits per heavy atom. The van der Waals surface area contributed by atoms with Crippen LogP contribution in [0.15, 0.2) is 39.6 Å². The number of rotatable bonds is 12. The van der Waals surface area contributed by atoms with E-state index in [1.54, 1.807) is 7.11 Å². The maximum absolute atomic E-state index is 12.8. The first-order valence-electron chi connectivity index (χ1n) is 15.0. The quantitative estimate of drug-likeness (QED) is 0.214. The summed E-state index contributed by atoms with van der Waals surface area (Å²) >= 11 is 0. The van der Waals surface area contributed by atoms with Crippen molar-refractivity contribution in [3.05, 3.63) is 56.1 Å². The first-order chi connectivity index (χ1) is 19.7. The molecule has 0 aromatic carbocycles. The zero-order valence-corrected chi connectivity index (χ0v) is 26.2. The van der Waals surface area contributed by atoms with Crippen molar-refractivity contribution >= 4 is 17.6 Å². The number of methoxy groups -OCH3 is 1.